The van der Waals surface area contributed by atoms with E-state index in [1.54, 1.807) is 6.92 Å². The van der Waals surface area contributed by atoms with E-state index in [9.17, 15) is 9.18 Å². The highest BCUT2D eigenvalue weighted by Crippen LogP contribution is 2.18. The number of hydrogen-bond acceptors (Lipinski definition) is 2. The summed E-state index contributed by atoms with van der Waals surface area (Å²) in [6.07, 6.45) is 2.00. The summed E-state index contributed by atoms with van der Waals surface area (Å²) in [5.74, 6) is -0.290. The first-order valence-electron chi connectivity index (χ1n) is 6.77. The number of hydrogen-bond donors (Lipinski definition) is 2. The number of halogens is 1. The number of amides is 1. The molecule has 1 aromatic carbocycles. The number of carbonyl (C=O) groups is 1. The molecule has 106 valence electrons. The molecule has 4 heteroatoms. The highest BCUT2D eigenvalue weighted by molar-refractivity contribution is 5.95. The van der Waals surface area contributed by atoms with Crippen LogP contribution in [0.15, 0.2) is 12.1 Å². The lowest BCUT2D eigenvalue weighted by atomic mass is 9.95. The van der Waals surface area contributed by atoms with Crippen LogP contribution >= 0.6 is 0 Å². The fraction of sp³-hybridized carbons (Fsp3) is 0.533. The van der Waals surface area contributed by atoms with Gasteiger partial charge in [0.15, 0.2) is 0 Å². The van der Waals surface area contributed by atoms with Crippen molar-refractivity contribution in [2.75, 3.05) is 5.73 Å². The zero-order chi connectivity index (χ0) is 14.6. The van der Waals surface area contributed by atoms with Gasteiger partial charge < -0.3 is 11.1 Å². The molecule has 0 aliphatic carbocycles. The van der Waals surface area contributed by atoms with E-state index >= 15 is 0 Å². The zero-order valence-corrected chi connectivity index (χ0v) is 12.1. The number of benzene rings is 1. The van der Waals surface area contributed by atoms with E-state index < -0.39 is 5.82 Å². The maximum absolute atomic E-state index is 13.6. The fourth-order valence-electron chi connectivity index (χ4n) is 2.23. The van der Waals surface area contributed by atoms with Crippen molar-refractivity contribution in [3.63, 3.8) is 0 Å². The SMILES string of the molecule is CCC(CC)C(C)NC(=O)c1cc(N)c(C)c(F)c1. The van der Waals surface area contributed by atoms with E-state index in [4.69, 9.17) is 5.73 Å². The number of carbonyl (C=O) groups excluding carboxylic acids is 1. The average molecular weight is 266 g/mol. The first-order valence-corrected chi connectivity index (χ1v) is 6.77. The lowest BCUT2D eigenvalue weighted by molar-refractivity contribution is 0.0925. The van der Waals surface area contributed by atoms with Gasteiger partial charge in [-0.1, -0.05) is 26.7 Å². The van der Waals surface area contributed by atoms with Gasteiger partial charge in [0.25, 0.3) is 5.91 Å². The molecule has 0 fully saturated rings. The largest absolute Gasteiger partial charge is 0.398 e. The van der Waals surface area contributed by atoms with E-state index in [1.807, 2.05) is 6.92 Å². The summed E-state index contributed by atoms with van der Waals surface area (Å²) in [7, 11) is 0. The molecule has 1 amide bonds. The summed E-state index contributed by atoms with van der Waals surface area (Å²) < 4.78 is 13.6. The summed E-state index contributed by atoms with van der Waals surface area (Å²) in [6, 6.07) is 2.82. The quantitative estimate of drug-likeness (QED) is 0.804. The van der Waals surface area contributed by atoms with E-state index in [2.05, 4.69) is 19.2 Å². The summed E-state index contributed by atoms with van der Waals surface area (Å²) in [6.45, 7) is 7.77. The number of nitrogen functional groups attached to an aromatic ring is 1. The maximum Gasteiger partial charge on any atom is 0.251 e. The topological polar surface area (TPSA) is 55.1 Å². The van der Waals surface area contributed by atoms with Gasteiger partial charge in [-0.05, 0) is 31.9 Å². The molecule has 0 saturated heterocycles. The van der Waals surface area contributed by atoms with Crippen molar-refractivity contribution in [2.45, 2.75) is 46.6 Å². The van der Waals surface area contributed by atoms with Crippen molar-refractivity contribution < 1.29 is 9.18 Å². The summed E-state index contributed by atoms with van der Waals surface area (Å²) >= 11 is 0. The second-order valence-electron chi connectivity index (χ2n) is 5.01. The highest BCUT2D eigenvalue weighted by atomic mass is 19.1. The molecule has 1 rings (SSSR count). The van der Waals surface area contributed by atoms with Gasteiger partial charge in [-0.15, -0.1) is 0 Å². The Labute approximate surface area is 114 Å². The number of rotatable bonds is 5. The van der Waals surface area contributed by atoms with Crippen LogP contribution in [0.25, 0.3) is 0 Å². The monoisotopic (exact) mass is 266 g/mol. The molecular formula is C15H23FN2O. The molecule has 0 aliphatic rings. The Kier molecular flexibility index (Phi) is 5.33. The Bertz CT molecular complexity index is 432. The van der Waals surface area contributed by atoms with Crippen molar-refractivity contribution in [1.29, 1.82) is 0 Å². The molecule has 0 spiro atoms. The van der Waals surface area contributed by atoms with Gasteiger partial charge in [0.1, 0.15) is 5.82 Å². The molecule has 0 aliphatic heterocycles. The van der Waals surface area contributed by atoms with Gasteiger partial charge in [0.2, 0.25) is 0 Å². The number of anilines is 1. The van der Waals surface area contributed by atoms with Gasteiger partial charge in [-0.3, -0.25) is 4.79 Å². The predicted octanol–water partition coefficient (Wildman–Crippen LogP) is 3.27. The van der Waals surface area contributed by atoms with Crippen molar-refractivity contribution in [3.05, 3.63) is 29.1 Å². The van der Waals surface area contributed by atoms with Gasteiger partial charge >= 0.3 is 0 Å². The van der Waals surface area contributed by atoms with Crippen molar-refractivity contribution in [1.82, 2.24) is 5.32 Å². The first-order chi connectivity index (χ1) is 8.90. The van der Waals surface area contributed by atoms with Crippen LogP contribution < -0.4 is 11.1 Å². The van der Waals surface area contributed by atoms with Gasteiger partial charge in [0, 0.05) is 22.9 Å². The molecule has 3 nitrogen and oxygen atoms in total. The predicted molar refractivity (Wildman–Crippen MR) is 76.5 cm³/mol. The Balaban J connectivity index is 2.84. The van der Waals surface area contributed by atoms with E-state index in [0.717, 1.165) is 12.8 Å². The molecule has 19 heavy (non-hydrogen) atoms. The third-order valence-electron chi connectivity index (χ3n) is 3.76. The van der Waals surface area contributed by atoms with Crippen molar-refractivity contribution >= 4 is 11.6 Å². The lowest BCUT2D eigenvalue weighted by Crippen LogP contribution is -2.37. The van der Waals surface area contributed by atoms with Crippen LogP contribution in [0.2, 0.25) is 0 Å². The molecule has 0 radical (unpaired) electrons. The molecule has 3 N–H and O–H groups in total. The Morgan fingerprint density at radius 1 is 1.37 bits per heavy atom. The third kappa shape index (κ3) is 3.69. The summed E-state index contributed by atoms with van der Waals surface area (Å²) in [5, 5.41) is 2.91. The fourth-order valence-corrected chi connectivity index (χ4v) is 2.23. The molecule has 0 bridgehead atoms. The number of nitrogens with two attached hydrogens (primary N) is 1. The van der Waals surface area contributed by atoms with Crippen LogP contribution in [0.5, 0.6) is 0 Å². The first kappa shape index (κ1) is 15.5. The van der Waals surface area contributed by atoms with E-state index in [1.165, 1.54) is 12.1 Å². The van der Waals surface area contributed by atoms with E-state index in [-0.39, 0.29) is 17.5 Å². The van der Waals surface area contributed by atoms with Crippen LogP contribution in [0, 0.1) is 18.7 Å². The minimum absolute atomic E-state index is 0.0630. The van der Waals surface area contributed by atoms with Crippen LogP contribution in [-0.2, 0) is 0 Å². The smallest absolute Gasteiger partial charge is 0.251 e. The minimum Gasteiger partial charge on any atom is -0.398 e. The molecule has 0 saturated carbocycles. The zero-order valence-electron chi connectivity index (χ0n) is 12.1. The van der Waals surface area contributed by atoms with Crippen LogP contribution in [0.1, 0.15) is 49.5 Å². The standard InChI is InChI=1S/C15H23FN2O/c1-5-11(6-2)10(4)18-15(19)12-7-13(16)9(3)14(17)8-12/h7-8,10-11H,5-6,17H2,1-4H3,(H,18,19). The maximum atomic E-state index is 13.6. The second kappa shape index (κ2) is 6.55. The van der Waals surface area contributed by atoms with E-state index in [0.29, 0.717) is 17.2 Å². The third-order valence-corrected chi connectivity index (χ3v) is 3.76. The van der Waals surface area contributed by atoms with Crippen LogP contribution in [0.4, 0.5) is 10.1 Å². The molecule has 0 heterocycles. The lowest BCUT2D eigenvalue weighted by Gasteiger charge is -2.22. The van der Waals surface area contributed by atoms with Gasteiger partial charge in [-0.2, -0.15) is 0 Å². The van der Waals surface area contributed by atoms with Crippen LogP contribution in [0.3, 0.4) is 0 Å². The minimum atomic E-state index is -0.444. The summed E-state index contributed by atoms with van der Waals surface area (Å²) in [4.78, 5) is 12.1. The average Bonchev–Trinajstić information content (AvgIpc) is 2.36. The second-order valence-corrected chi connectivity index (χ2v) is 5.01. The van der Waals surface area contributed by atoms with Crippen molar-refractivity contribution in [3.8, 4) is 0 Å². The molecular weight excluding hydrogens is 243 g/mol. The normalized spacial score (nSPS) is 12.5. The Morgan fingerprint density at radius 2 is 1.95 bits per heavy atom. The number of nitrogens with one attached hydrogen (secondary N) is 1. The molecule has 1 aromatic rings. The van der Waals surface area contributed by atoms with Crippen LogP contribution in [-0.4, -0.2) is 11.9 Å². The Hall–Kier alpha value is -1.58. The molecule has 1 atom stereocenters. The molecule has 1 unspecified atom stereocenters. The molecule has 0 aromatic heterocycles. The summed E-state index contributed by atoms with van der Waals surface area (Å²) in [5.41, 5.74) is 6.64. The van der Waals surface area contributed by atoms with Crippen molar-refractivity contribution in [2.24, 2.45) is 5.92 Å². The highest BCUT2D eigenvalue weighted by Gasteiger charge is 2.18. The Morgan fingerprint density at radius 3 is 2.42 bits per heavy atom. The van der Waals surface area contributed by atoms with Gasteiger partial charge in [0.05, 0.1) is 0 Å². The van der Waals surface area contributed by atoms with Gasteiger partial charge in [-0.25, -0.2) is 4.39 Å².